The molecule has 0 amide bonds. The van der Waals surface area contributed by atoms with Crippen LogP contribution in [0.1, 0.15) is 40.0 Å². The molecule has 1 rings (SSSR count). The van der Waals surface area contributed by atoms with Gasteiger partial charge in [-0.3, -0.25) is 0 Å². The summed E-state index contributed by atoms with van der Waals surface area (Å²) in [6.07, 6.45) is 2.24. The molecule has 4 unspecified atom stereocenters. The standard InChI is InChI=1S/C15H32O5Si/c1-5-18-14-10-12(8-9-13(14)16)15(11-17-4)21(19-6-2)20-7-3/h12-16,21H,5-11H2,1-4H3. The van der Waals surface area contributed by atoms with Crippen molar-refractivity contribution < 1.29 is 23.4 Å². The van der Waals surface area contributed by atoms with Crippen molar-refractivity contribution in [1.29, 1.82) is 0 Å². The Balaban J connectivity index is 2.73. The average molecular weight is 321 g/mol. The predicted octanol–water partition coefficient (Wildman–Crippen LogP) is 1.86. The van der Waals surface area contributed by atoms with Gasteiger partial charge < -0.3 is 23.4 Å². The Hall–Kier alpha value is 0.0169. The number of methoxy groups -OCH3 is 1. The van der Waals surface area contributed by atoms with Crippen molar-refractivity contribution in [2.75, 3.05) is 33.5 Å². The molecule has 1 aliphatic rings. The second-order valence-corrected chi connectivity index (χ2v) is 7.79. The van der Waals surface area contributed by atoms with Crippen LogP contribution in [0.3, 0.4) is 0 Å². The Morgan fingerprint density at radius 1 is 1.10 bits per heavy atom. The van der Waals surface area contributed by atoms with Crippen LogP contribution in [0.5, 0.6) is 0 Å². The summed E-state index contributed by atoms with van der Waals surface area (Å²) in [5.41, 5.74) is 0.311. The Morgan fingerprint density at radius 3 is 2.29 bits per heavy atom. The van der Waals surface area contributed by atoms with Crippen LogP contribution in [-0.2, 0) is 18.3 Å². The summed E-state index contributed by atoms with van der Waals surface area (Å²) in [5.74, 6) is 0.444. The second kappa shape index (κ2) is 10.7. The lowest BCUT2D eigenvalue weighted by Gasteiger charge is -2.38. The maximum atomic E-state index is 10.1. The lowest BCUT2D eigenvalue weighted by atomic mass is 9.83. The average Bonchev–Trinajstić information content (AvgIpc) is 2.47. The molecule has 0 bridgehead atoms. The van der Waals surface area contributed by atoms with Crippen molar-refractivity contribution in [3.05, 3.63) is 0 Å². The molecule has 4 atom stereocenters. The molecule has 0 heterocycles. The minimum atomic E-state index is -1.77. The van der Waals surface area contributed by atoms with Gasteiger partial charge in [-0.2, -0.15) is 0 Å². The van der Waals surface area contributed by atoms with E-state index in [2.05, 4.69) is 0 Å². The molecule has 6 heteroatoms. The van der Waals surface area contributed by atoms with Crippen LogP contribution >= 0.6 is 0 Å². The van der Waals surface area contributed by atoms with E-state index in [-0.39, 0.29) is 12.2 Å². The number of ether oxygens (including phenoxy) is 2. The topological polar surface area (TPSA) is 57.2 Å². The maximum Gasteiger partial charge on any atom is 0.327 e. The van der Waals surface area contributed by atoms with Crippen molar-refractivity contribution in [3.63, 3.8) is 0 Å². The first-order chi connectivity index (χ1) is 10.2. The number of hydrogen-bond acceptors (Lipinski definition) is 5. The molecule has 1 fully saturated rings. The summed E-state index contributed by atoms with van der Waals surface area (Å²) in [4.78, 5) is 0. The van der Waals surface area contributed by atoms with Crippen molar-refractivity contribution in [2.45, 2.75) is 57.8 Å². The molecule has 0 spiro atoms. The zero-order chi connectivity index (χ0) is 15.7. The summed E-state index contributed by atoms with van der Waals surface area (Å²) in [5, 5.41) is 10.1. The first-order valence-electron chi connectivity index (χ1n) is 8.19. The summed E-state index contributed by atoms with van der Waals surface area (Å²) < 4.78 is 22.9. The highest BCUT2D eigenvalue weighted by atomic mass is 28.3. The van der Waals surface area contributed by atoms with Gasteiger partial charge in [-0.05, 0) is 46.0 Å². The zero-order valence-corrected chi connectivity index (χ0v) is 15.1. The Labute approximate surface area is 130 Å². The van der Waals surface area contributed by atoms with Crippen molar-refractivity contribution in [2.24, 2.45) is 5.92 Å². The molecule has 0 saturated heterocycles. The van der Waals surface area contributed by atoms with Gasteiger partial charge in [0.15, 0.2) is 0 Å². The Kier molecular flexibility index (Phi) is 9.71. The highest BCUT2D eigenvalue weighted by Crippen LogP contribution is 2.37. The van der Waals surface area contributed by atoms with Crippen molar-refractivity contribution in [3.8, 4) is 0 Å². The molecule has 0 aromatic rings. The van der Waals surface area contributed by atoms with Crippen LogP contribution in [0.15, 0.2) is 0 Å². The number of aliphatic hydroxyl groups is 1. The van der Waals surface area contributed by atoms with E-state index >= 15 is 0 Å². The third kappa shape index (κ3) is 5.96. The van der Waals surface area contributed by atoms with E-state index < -0.39 is 9.28 Å². The van der Waals surface area contributed by atoms with Gasteiger partial charge in [-0.15, -0.1) is 0 Å². The van der Waals surface area contributed by atoms with Gasteiger partial charge in [-0.25, -0.2) is 0 Å². The van der Waals surface area contributed by atoms with Gasteiger partial charge in [-0.1, -0.05) is 0 Å². The van der Waals surface area contributed by atoms with Crippen LogP contribution < -0.4 is 0 Å². The summed E-state index contributed by atoms with van der Waals surface area (Å²) in [7, 11) is -0.0391. The van der Waals surface area contributed by atoms with Gasteiger partial charge in [0.25, 0.3) is 0 Å². The van der Waals surface area contributed by atoms with E-state index in [1.54, 1.807) is 7.11 Å². The Morgan fingerprint density at radius 2 is 1.76 bits per heavy atom. The molecule has 1 saturated carbocycles. The highest BCUT2D eigenvalue weighted by molar-refractivity contribution is 6.46. The molecule has 0 radical (unpaired) electrons. The van der Waals surface area contributed by atoms with Gasteiger partial charge in [0, 0.05) is 32.5 Å². The van der Waals surface area contributed by atoms with E-state index in [0.717, 1.165) is 19.3 Å². The van der Waals surface area contributed by atoms with E-state index in [0.29, 0.717) is 37.9 Å². The van der Waals surface area contributed by atoms with Crippen molar-refractivity contribution >= 4 is 9.28 Å². The molecule has 1 N–H and O–H groups in total. The summed E-state index contributed by atoms with van der Waals surface area (Å²) in [6.45, 7) is 8.66. The number of rotatable bonds is 10. The molecule has 0 aliphatic heterocycles. The van der Waals surface area contributed by atoms with Gasteiger partial charge in [0.2, 0.25) is 0 Å². The van der Waals surface area contributed by atoms with E-state index in [1.165, 1.54) is 0 Å². The lowest BCUT2D eigenvalue weighted by molar-refractivity contribution is -0.0711. The van der Waals surface area contributed by atoms with Crippen LogP contribution in [0, 0.1) is 5.92 Å². The third-order valence-corrected chi connectivity index (χ3v) is 6.91. The summed E-state index contributed by atoms with van der Waals surface area (Å²) >= 11 is 0. The molecule has 0 aromatic carbocycles. The van der Waals surface area contributed by atoms with Crippen LogP contribution in [0.2, 0.25) is 5.54 Å². The highest BCUT2D eigenvalue weighted by Gasteiger charge is 2.39. The molecule has 5 nitrogen and oxygen atoms in total. The SMILES string of the molecule is CCOC1CC(C(COC)[SiH](OCC)OCC)CCC1O. The summed E-state index contributed by atoms with van der Waals surface area (Å²) in [6, 6.07) is 0. The zero-order valence-electron chi connectivity index (χ0n) is 13.9. The minimum Gasteiger partial charge on any atom is -0.397 e. The molecule has 1 aliphatic carbocycles. The molecule has 0 aromatic heterocycles. The quantitative estimate of drug-likeness (QED) is 0.623. The van der Waals surface area contributed by atoms with Gasteiger partial charge >= 0.3 is 9.28 Å². The fourth-order valence-corrected chi connectivity index (χ4v) is 5.57. The predicted molar refractivity (Wildman–Crippen MR) is 84.8 cm³/mol. The number of aliphatic hydroxyl groups excluding tert-OH is 1. The maximum absolute atomic E-state index is 10.1. The van der Waals surface area contributed by atoms with E-state index in [1.807, 2.05) is 20.8 Å². The lowest BCUT2D eigenvalue weighted by Crippen LogP contribution is -2.43. The minimum absolute atomic E-state index is 0.0639. The van der Waals surface area contributed by atoms with Crippen molar-refractivity contribution in [1.82, 2.24) is 0 Å². The molecular weight excluding hydrogens is 288 g/mol. The van der Waals surface area contributed by atoms with E-state index in [9.17, 15) is 5.11 Å². The first kappa shape index (κ1) is 19.1. The van der Waals surface area contributed by atoms with Crippen LogP contribution in [-0.4, -0.2) is 60.1 Å². The first-order valence-corrected chi connectivity index (χ1v) is 9.80. The second-order valence-electron chi connectivity index (χ2n) is 5.53. The van der Waals surface area contributed by atoms with Crippen LogP contribution in [0.4, 0.5) is 0 Å². The number of hydrogen-bond donors (Lipinski definition) is 1. The monoisotopic (exact) mass is 320 g/mol. The van der Waals surface area contributed by atoms with E-state index in [4.69, 9.17) is 18.3 Å². The smallest absolute Gasteiger partial charge is 0.327 e. The fourth-order valence-electron chi connectivity index (χ4n) is 3.18. The Bertz CT molecular complexity index is 260. The third-order valence-electron chi connectivity index (χ3n) is 4.15. The normalized spacial score (nSPS) is 28.0. The van der Waals surface area contributed by atoms with Gasteiger partial charge in [0.1, 0.15) is 0 Å². The molecule has 21 heavy (non-hydrogen) atoms. The fraction of sp³-hybridized carbons (Fsp3) is 1.00. The molecule has 126 valence electrons. The van der Waals surface area contributed by atoms with Crippen LogP contribution in [0.25, 0.3) is 0 Å². The molecular formula is C15H32O5Si. The van der Waals surface area contributed by atoms with Gasteiger partial charge in [0.05, 0.1) is 18.8 Å². The largest absolute Gasteiger partial charge is 0.397 e.